The van der Waals surface area contributed by atoms with Crippen LogP contribution in [0.5, 0.6) is 0 Å². The molecule has 1 aromatic rings. The zero-order chi connectivity index (χ0) is 14.3. The third kappa shape index (κ3) is 7.62. The Labute approximate surface area is 118 Å². The molecule has 0 saturated heterocycles. The first-order valence-corrected chi connectivity index (χ1v) is 7.30. The topological polar surface area (TPSA) is 58.2 Å². The van der Waals surface area contributed by atoms with Crippen LogP contribution in [0.4, 0.5) is 0 Å². The van der Waals surface area contributed by atoms with E-state index in [1.54, 1.807) is 11.3 Å². The SMILES string of the molecule is CC(C)(C)CC(=O)NCCNC(=O)Cc1cccs1. The summed E-state index contributed by atoms with van der Waals surface area (Å²) >= 11 is 1.57. The van der Waals surface area contributed by atoms with Crippen molar-refractivity contribution in [3.05, 3.63) is 22.4 Å². The molecule has 19 heavy (non-hydrogen) atoms. The van der Waals surface area contributed by atoms with E-state index < -0.39 is 0 Å². The maximum atomic E-state index is 11.6. The molecule has 1 aromatic heterocycles. The normalized spacial score (nSPS) is 11.1. The predicted molar refractivity (Wildman–Crippen MR) is 78.1 cm³/mol. The van der Waals surface area contributed by atoms with Crippen molar-refractivity contribution in [1.29, 1.82) is 0 Å². The van der Waals surface area contributed by atoms with Gasteiger partial charge in [0.25, 0.3) is 0 Å². The number of hydrogen-bond donors (Lipinski definition) is 2. The number of rotatable bonds is 6. The lowest BCUT2D eigenvalue weighted by molar-refractivity contribution is -0.123. The van der Waals surface area contributed by atoms with Crippen LogP contribution in [0, 0.1) is 5.41 Å². The van der Waals surface area contributed by atoms with Crippen LogP contribution in [0.1, 0.15) is 32.1 Å². The van der Waals surface area contributed by atoms with E-state index in [9.17, 15) is 9.59 Å². The minimum Gasteiger partial charge on any atom is -0.354 e. The fraction of sp³-hybridized carbons (Fsp3) is 0.571. The van der Waals surface area contributed by atoms with Crippen molar-refractivity contribution >= 4 is 23.2 Å². The Balaban J connectivity index is 2.10. The second-order valence-electron chi connectivity index (χ2n) is 5.69. The van der Waals surface area contributed by atoms with Crippen LogP contribution < -0.4 is 10.6 Å². The Morgan fingerprint density at radius 2 is 1.79 bits per heavy atom. The molecule has 4 nitrogen and oxygen atoms in total. The van der Waals surface area contributed by atoms with Crippen molar-refractivity contribution in [3.63, 3.8) is 0 Å². The quantitative estimate of drug-likeness (QED) is 0.784. The highest BCUT2D eigenvalue weighted by Crippen LogP contribution is 2.17. The summed E-state index contributed by atoms with van der Waals surface area (Å²) in [5, 5.41) is 7.55. The van der Waals surface area contributed by atoms with Gasteiger partial charge in [0, 0.05) is 24.4 Å². The molecule has 0 aliphatic carbocycles. The van der Waals surface area contributed by atoms with Gasteiger partial charge in [-0.15, -0.1) is 11.3 Å². The lowest BCUT2D eigenvalue weighted by atomic mass is 9.92. The van der Waals surface area contributed by atoms with Gasteiger partial charge in [-0.2, -0.15) is 0 Å². The summed E-state index contributed by atoms with van der Waals surface area (Å²) in [5.74, 6) is 0.0209. The first-order valence-electron chi connectivity index (χ1n) is 6.42. The number of hydrogen-bond acceptors (Lipinski definition) is 3. The van der Waals surface area contributed by atoms with E-state index in [1.807, 2.05) is 38.3 Å². The smallest absolute Gasteiger partial charge is 0.225 e. The standard InChI is InChI=1S/C14H22N2O2S/c1-14(2,3)10-13(18)16-7-6-15-12(17)9-11-5-4-8-19-11/h4-5,8H,6-7,9-10H2,1-3H3,(H,15,17)(H,16,18). The van der Waals surface area contributed by atoms with Gasteiger partial charge in [0.15, 0.2) is 0 Å². The van der Waals surface area contributed by atoms with Crippen molar-refractivity contribution in [1.82, 2.24) is 10.6 Å². The van der Waals surface area contributed by atoms with Gasteiger partial charge in [0.1, 0.15) is 0 Å². The molecular weight excluding hydrogens is 260 g/mol. The van der Waals surface area contributed by atoms with Crippen molar-refractivity contribution < 1.29 is 9.59 Å². The van der Waals surface area contributed by atoms with Crippen LogP contribution in [0.15, 0.2) is 17.5 Å². The van der Waals surface area contributed by atoms with Crippen LogP contribution in [-0.2, 0) is 16.0 Å². The summed E-state index contributed by atoms with van der Waals surface area (Å²) in [6, 6.07) is 3.87. The van der Waals surface area contributed by atoms with Gasteiger partial charge >= 0.3 is 0 Å². The minimum atomic E-state index is -0.00744. The monoisotopic (exact) mass is 282 g/mol. The number of nitrogens with one attached hydrogen (secondary N) is 2. The maximum Gasteiger partial charge on any atom is 0.225 e. The molecule has 1 heterocycles. The Morgan fingerprint density at radius 1 is 1.16 bits per heavy atom. The molecule has 0 radical (unpaired) electrons. The summed E-state index contributed by atoms with van der Waals surface area (Å²) in [6.07, 6.45) is 0.906. The van der Waals surface area contributed by atoms with E-state index in [2.05, 4.69) is 10.6 Å². The minimum absolute atomic E-state index is 0.00693. The van der Waals surface area contributed by atoms with E-state index in [1.165, 1.54) is 0 Å². The molecule has 1 rings (SSSR count). The summed E-state index contributed by atoms with van der Waals surface area (Å²) in [4.78, 5) is 24.2. The summed E-state index contributed by atoms with van der Waals surface area (Å²) in [5.41, 5.74) is -0.00744. The van der Waals surface area contributed by atoms with Crippen LogP contribution in [-0.4, -0.2) is 24.9 Å². The first kappa shape index (κ1) is 15.7. The van der Waals surface area contributed by atoms with Crippen molar-refractivity contribution in [2.75, 3.05) is 13.1 Å². The molecule has 0 aliphatic heterocycles. The van der Waals surface area contributed by atoms with Gasteiger partial charge in [-0.05, 0) is 16.9 Å². The van der Waals surface area contributed by atoms with Crippen LogP contribution in [0.3, 0.4) is 0 Å². The van der Waals surface area contributed by atoms with E-state index in [0.717, 1.165) is 4.88 Å². The first-order chi connectivity index (χ1) is 8.87. The number of thiophene rings is 1. The zero-order valence-electron chi connectivity index (χ0n) is 11.8. The highest BCUT2D eigenvalue weighted by molar-refractivity contribution is 7.10. The molecule has 0 unspecified atom stereocenters. The molecule has 0 aromatic carbocycles. The molecule has 2 N–H and O–H groups in total. The molecule has 0 fully saturated rings. The summed E-state index contributed by atoms with van der Waals surface area (Å²) < 4.78 is 0. The Morgan fingerprint density at radius 3 is 2.32 bits per heavy atom. The third-order valence-electron chi connectivity index (χ3n) is 2.38. The molecule has 2 amide bonds. The van der Waals surface area contributed by atoms with Crippen LogP contribution >= 0.6 is 11.3 Å². The van der Waals surface area contributed by atoms with E-state index in [0.29, 0.717) is 25.9 Å². The second-order valence-corrected chi connectivity index (χ2v) is 6.73. The predicted octanol–water partition coefficient (Wildman–Crippen LogP) is 1.96. The molecular formula is C14H22N2O2S. The highest BCUT2D eigenvalue weighted by Gasteiger charge is 2.15. The molecule has 0 saturated carbocycles. The average molecular weight is 282 g/mol. The second kappa shape index (κ2) is 7.28. The van der Waals surface area contributed by atoms with Crippen molar-refractivity contribution in [2.45, 2.75) is 33.6 Å². The van der Waals surface area contributed by atoms with Crippen molar-refractivity contribution in [2.24, 2.45) is 5.41 Å². The van der Waals surface area contributed by atoms with Crippen LogP contribution in [0.2, 0.25) is 0 Å². The zero-order valence-corrected chi connectivity index (χ0v) is 12.6. The van der Waals surface area contributed by atoms with E-state index in [-0.39, 0.29) is 17.2 Å². The molecule has 0 aliphatic rings. The molecule has 0 atom stereocenters. The van der Waals surface area contributed by atoms with Crippen LogP contribution in [0.25, 0.3) is 0 Å². The number of amides is 2. The van der Waals surface area contributed by atoms with Gasteiger partial charge in [-0.1, -0.05) is 26.8 Å². The lowest BCUT2D eigenvalue weighted by Crippen LogP contribution is -2.36. The van der Waals surface area contributed by atoms with E-state index in [4.69, 9.17) is 0 Å². The lowest BCUT2D eigenvalue weighted by Gasteiger charge is -2.17. The van der Waals surface area contributed by atoms with Gasteiger partial charge < -0.3 is 10.6 Å². The van der Waals surface area contributed by atoms with Gasteiger partial charge in [-0.25, -0.2) is 0 Å². The van der Waals surface area contributed by atoms with E-state index >= 15 is 0 Å². The van der Waals surface area contributed by atoms with Crippen molar-refractivity contribution in [3.8, 4) is 0 Å². The van der Waals surface area contributed by atoms with Gasteiger partial charge in [-0.3, -0.25) is 9.59 Å². The Hall–Kier alpha value is -1.36. The molecule has 0 spiro atoms. The average Bonchev–Trinajstić information content (AvgIpc) is 2.74. The maximum absolute atomic E-state index is 11.6. The summed E-state index contributed by atoms with van der Waals surface area (Å²) in [7, 11) is 0. The third-order valence-corrected chi connectivity index (χ3v) is 3.25. The molecule has 106 valence electrons. The molecule has 5 heteroatoms. The van der Waals surface area contributed by atoms with Gasteiger partial charge in [0.2, 0.25) is 11.8 Å². The number of carbonyl (C=O) groups is 2. The Bertz CT molecular complexity index is 408. The Kier molecular flexibility index (Phi) is 6.02. The fourth-order valence-electron chi connectivity index (χ4n) is 1.58. The van der Waals surface area contributed by atoms with Gasteiger partial charge in [0.05, 0.1) is 6.42 Å². The fourth-order valence-corrected chi connectivity index (χ4v) is 2.29. The summed E-state index contributed by atoms with van der Waals surface area (Å²) in [6.45, 7) is 7.02. The molecule has 0 bridgehead atoms. The number of carbonyl (C=O) groups excluding carboxylic acids is 2. The highest BCUT2D eigenvalue weighted by atomic mass is 32.1. The largest absolute Gasteiger partial charge is 0.354 e.